The smallest absolute Gasteiger partial charge is 0.349 e. The third-order valence-electron chi connectivity index (χ3n) is 2.71. The zero-order chi connectivity index (χ0) is 13.8. The van der Waals surface area contributed by atoms with Gasteiger partial charge in [-0.3, -0.25) is 10.1 Å². The molecular weight excluding hydrogens is 297 g/mol. The van der Waals surface area contributed by atoms with E-state index >= 15 is 0 Å². The number of hydrogen-bond acceptors (Lipinski definition) is 6. The van der Waals surface area contributed by atoms with Crippen LogP contribution in [0.4, 0.5) is 0 Å². The van der Waals surface area contributed by atoms with Crippen LogP contribution in [0.1, 0.15) is 0 Å². The van der Waals surface area contributed by atoms with Crippen molar-refractivity contribution < 1.29 is 14.4 Å². The largest absolute Gasteiger partial charge is 0.472 e. The van der Waals surface area contributed by atoms with Crippen molar-refractivity contribution in [3.63, 3.8) is 0 Å². The van der Waals surface area contributed by atoms with Gasteiger partial charge in [-0.1, -0.05) is 23.2 Å². The number of halogens is 2. The highest BCUT2D eigenvalue weighted by Crippen LogP contribution is 2.28. The van der Waals surface area contributed by atoms with E-state index in [4.69, 9.17) is 32.7 Å². The Morgan fingerprint density at radius 2 is 2.00 bits per heavy atom. The monoisotopic (exact) mass is 309 g/mol. The molecule has 2 aliphatic heterocycles. The van der Waals surface area contributed by atoms with Crippen molar-refractivity contribution in [3.05, 3.63) is 31.9 Å². The molecule has 0 amide bonds. The average Bonchev–Trinajstić information content (AvgIpc) is 2.92. The Bertz CT molecular complexity index is 424. The van der Waals surface area contributed by atoms with Crippen LogP contribution >= 0.6 is 23.2 Å². The minimum Gasteiger partial charge on any atom is -0.472 e. The number of morpholine rings is 1. The molecule has 0 bridgehead atoms. The van der Waals surface area contributed by atoms with Crippen molar-refractivity contribution >= 4 is 23.2 Å². The molecule has 0 saturated carbocycles. The van der Waals surface area contributed by atoms with E-state index in [0.29, 0.717) is 39.5 Å². The average molecular weight is 310 g/mol. The van der Waals surface area contributed by atoms with E-state index in [0.717, 1.165) is 0 Å². The number of rotatable bonds is 3. The summed E-state index contributed by atoms with van der Waals surface area (Å²) in [6, 6.07) is 0. The summed E-state index contributed by atoms with van der Waals surface area (Å²) in [7, 11) is 0. The van der Waals surface area contributed by atoms with Crippen LogP contribution in [0, 0.1) is 10.1 Å². The van der Waals surface area contributed by atoms with E-state index < -0.39 is 4.92 Å². The first kappa shape index (κ1) is 14.2. The van der Waals surface area contributed by atoms with Gasteiger partial charge in [-0.15, -0.1) is 0 Å². The van der Waals surface area contributed by atoms with Crippen LogP contribution < -0.4 is 5.32 Å². The number of nitro groups is 1. The number of allylic oxidation sites excluding steroid dienone is 1. The number of nitrogens with one attached hydrogen (secondary N) is 1. The quantitative estimate of drug-likeness (QED) is 0.477. The summed E-state index contributed by atoms with van der Waals surface area (Å²) in [5.74, 6) is 0.0569. The molecule has 0 aliphatic carbocycles. The molecule has 2 saturated heterocycles. The van der Waals surface area contributed by atoms with Gasteiger partial charge in [0.15, 0.2) is 5.03 Å². The van der Waals surface area contributed by atoms with Crippen LogP contribution in [0.2, 0.25) is 0 Å². The Labute approximate surface area is 119 Å². The van der Waals surface area contributed by atoms with Crippen LogP contribution in [-0.2, 0) is 9.47 Å². The fraction of sp³-hybridized carbons (Fsp3) is 0.600. The summed E-state index contributed by atoms with van der Waals surface area (Å²) in [5.41, 5.74) is -0.337. The Hall–Kier alpha value is -1.18. The van der Waals surface area contributed by atoms with Gasteiger partial charge in [0.05, 0.1) is 24.7 Å². The number of hydrogen-bond donors (Lipinski definition) is 1. The maximum absolute atomic E-state index is 11.1. The van der Waals surface area contributed by atoms with Gasteiger partial charge in [-0.05, 0) is 0 Å². The van der Waals surface area contributed by atoms with Crippen LogP contribution in [0.15, 0.2) is 21.8 Å². The number of ether oxygens (including phenoxy) is 2. The van der Waals surface area contributed by atoms with Crippen molar-refractivity contribution in [1.82, 2.24) is 10.2 Å². The molecule has 0 aromatic heterocycles. The lowest BCUT2D eigenvalue weighted by Crippen LogP contribution is -2.35. The third kappa shape index (κ3) is 3.23. The van der Waals surface area contributed by atoms with Crippen LogP contribution in [0.25, 0.3) is 0 Å². The maximum Gasteiger partial charge on any atom is 0.349 e. The fourth-order valence-corrected chi connectivity index (χ4v) is 2.31. The molecule has 0 unspecified atom stereocenters. The molecule has 0 atom stereocenters. The van der Waals surface area contributed by atoms with Gasteiger partial charge in [0, 0.05) is 13.1 Å². The van der Waals surface area contributed by atoms with E-state index in [-0.39, 0.29) is 21.8 Å². The van der Waals surface area contributed by atoms with E-state index in [1.165, 1.54) is 0 Å². The summed E-state index contributed by atoms with van der Waals surface area (Å²) < 4.78 is 10.3. The normalized spacial score (nSPS) is 23.4. The molecule has 2 heterocycles. The first-order valence-corrected chi connectivity index (χ1v) is 6.50. The SMILES string of the molecule is O=[N+]([O-])C(=C1/NCCO1)/C(Cl)=C(\Cl)N1CCOCC1. The van der Waals surface area contributed by atoms with Crippen LogP contribution in [0.3, 0.4) is 0 Å². The molecule has 1 N–H and O–H groups in total. The topological polar surface area (TPSA) is 76.9 Å². The van der Waals surface area contributed by atoms with Gasteiger partial charge in [0.1, 0.15) is 11.8 Å². The van der Waals surface area contributed by atoms with Crippen molar-refractivity contribution in [3.8, 4) is 0 Å². The van der Waals surface area contributed by atoms with E-state index in [2.05, 4.69) is 5.32 Å². The van der Waals surface area contributed by atoms with Crippen molar-refractivity contribution in [1.29, 1.82) is 0 Å². The summed E-state index contributed by atoms with van der Waals surface area (Å²) in [4.78, 5) is 12.3. The molecule has 0 aromatic rings. The second kappa shape index (κ2) is 6.31. The van der Waals surface area contributed by atoms with Crippen molar-refractivity contribution in [2.75, 3.05) is 39.5 Å². The van der Waals surface area contributed by atoms with Gasteiger partial charge >= 0.3 is 5.70 Å². The highest BCUT2D eigenvalue weighted by atomic mass is 35.5. The molecular formula is C10H13Cl2N3O4. The molecule has 106 valence electrons. The maximum atomic E-state index is 11.1. The van der Waals surface area contributed by atoms with Gasteiger partial charge in [0.2, 0.25) is 0 Å². The number of nitrogens with zero attached hydrogens (tertiary/aromatic N) is 2. The minimum atomic E-state index is -0.598. The first-order valence-electron chi connectivity index (χ1n) is 5.75. The molecule has 9 heteroatoms. The summed E-state index contributed by atoms with van der Waals surface area (Å²) in [5, 5.41) is 13.9. The molecule has 0 aromatic carbocycles. The zero-order valence-corrected chi connectivity index (χ0v) is 11.5. The second-order valence-corrected chi connectivity index (χ2v) is 4.65. The van der Waals surface area contributed by atoms with E-state index in [9.17, 15) is 10.1 Å². The summed E-state index contributed by atoms with van der Waals surface area (Å²) >= 11 is 12.2. The van der Waals surface area contributed by atoms with Crippen LogP contribution in [0.5, 0.6) is 0 Å². The predicted octanol–water partition coefficient (Wildman–Crippen LogP) is 1.03. The standard InChI is InChI=1S/C10H13Cl2N3O4/c11-7(9(12)14-2-5-18-6-3-14)8(15(16)17)10-13-1-4-19-10/h13H,1-6H2/b9-7-,10-8-. The highest BCUT2D eigenvalue weighted by molar-refractivity contribution is 6.40. The fourth-order valence-electron chi connectivity index (χ4n) is 1.78. The molecule has 2 fully saturated rings. The summed E-state index contributed by atoms with van der Waals surface area (Å²) in [6.45, 7) is 2.99. The second-order valence-electron chi connectivity index (χ2n) is 3.91. The van der Waals surface area contributed by atoms with Gasteiger partial charge < -0.3 is 19.7 Å². The van der Waals surface area contributed by atoms with E-state index in [1.807, 2.05) is 0 Å². The lowest BCUT2D eigenvalue weighted by Gasteiger charge is -2.28. The molecule has 2 rings (SSSR count). The minimum absolute atomic E-state index is 0.0569. The third-order valence-corrected chi connectivity index (χ3v) is 3.59. The Kier molecular flexibility index (Phi) is 4.73. The molecule has 19 heavy (non-hydrogen) atoms. The Morgan fingerprint density at radius 3 is 2.53 bits per heavy atom. The van der Waals surface area contributed by atoms with Crippen LogP contribution in [-0.4, -0.2) is 49.3 Å². The molecule has 0 radical (unpaired) electrons. The van der Waals surface area contributed by atoms with Crippen molar-refractivity contribution in [2.24, 2.45) is 0 Å². The Balaban J connectivity index is 2.29. The Morgan fingerprint density at radius 1 is 1.32 bits per heavy atom. The van der Waals surface area contributed by atoms with Gasteiger partial charge in [0.25, 0.3) is 5.88 Å². The van der Waals surface area contributed by atoms with Gasteiger partial charge in [-0.25, -0.2) is 0 Å². The first-order chi connectivity index (χ1) is 9.11. The summed E-state index contributed by atoms with van der Waals surface area (Å²) in [6.07, 6.45) is 0. The molecule has 7 nitrogen and oxygen atoms in total. The lowest BCUT2D eigenvalue weighted by molar-refractivity contribution is -0.423. The molecule has 2 aliphatic rings. The highest BCUT2D eigenvalue weighted by Gasteiger charge is 2.31. The van der Waals surface area contributed by atoms with Crippen molar-refractivity contribution in [2.45, 2.75) is 0 Å². The van der Waals surface area contributed by atoms with Gasteiger partial charge in [-0.2, -0.15) is 0 Å². The predicted molar refractivity (Wildman–Crippen MR) is 69.1 cm³/mol. The zero-order valence-electron chi connectivity index (χ0n) is 10.0. The molecule has 0 spiro atoms. The lowest BCUT2D eigenvalue weighted by atomic mass is 10.4. The van der Waals surface area contributed by atoms with E-state index in [1.54, 1.807) is 4.90 Å².